The molecule has 2 atom stereocenters. The molecule has 0 spiro atoms. The molecule has 0 aliphatic rings. The minimum atomic E-state index is -0.619. The molecule has 3 N–H and O–H groups in total. The summed E-state index contributed by atoms with van der Waals surface area (Å²) in [7, 11) is 0. The highest BCUT2D eigenvalue weighted by Gasteiger charge is 2.16. The molecule has 1 rings (SSSR count). The van der Waals surface area contributed by atoms with Crippen molar-refractivity contribution in [3.63, 3.8) is 0 Å². The Labute approximate surface area is 138 Å². The molecule has 0 aliphatic carbocycles. The van der Waals surface area contributed by atoms with Crippen LogP contribution >= 0.6 is 12.4 Å². The molecule has 0 saturated heterocycles. The lowest BCUT2D eigenvalue weighted by Gasteiger charge is -2.25. The highest BCUT2D eigenvalue weighted by molar-refractivity contribution is 5.85. The third kappa shape index (κ3) is 8.81. The number of aryl methyl sites for hydroxylation is 1. The maximum Gasteiger partial charge on any atom is 0.317 e. The van der Waals surface area contributed by atoms with Gasteiger partial charge in [0.15, 0.2) is 0 Å². The van der Waals surface area contributed by atoms with Gasteiger partial charge in [0.1, 0.15) is 0 Å². The van der Waals surface area contributed by atoms with Crippen LogP contribution in [0.1, 0.15) is 25.8 Å². The quantitative estimate of drug-likeness (QED) is 0.625. The van der Waals surface area contributed by atoms with Gasteiger partial charge in [0.2, 0.25) is 0 Å². The Morgan fingerprint density at radius 3 is 2.27 bits per heavy atom. The summed E-state index contributed by atoms with van der Waals surface area (Å²) < 4.78 is 0. The van der Waals surface area contributed by atoms with Crippen molar-refractivity contribution in [3.8, 4) is 0 Å². The van der Waals surface area contributed by atoms with Crippen molar-refractivity contribution in [2.24, 2.45) is 0 Å². The van der Waals surface area contributed by atoms with E-state index in [4.69, 9.17) is 0 Å². The Kier molecular flexibility index (Phi) is 10.5. The molecule has 0 bridgehead atoms. The summed E-state index contributed by atoms with van der Waals surface area (Å²) in [6.07, 6.45) is 3.96. The van der Waals surface area contributed by atoms with Gasteiger partial charge in [-0.2, -0.15) is 0 Å². The van der Waals surface area contributed by atoms with Gasteiger partial charge in [0.25, 0.3) is 0 Å². The van der Waals surface area contributed by atoms with Gasteiger partial charge >= 0.3 is 6.03 Å². The number of aromatic nitrogens is 1. The average molecular weight is 332 g/mol. The minimum Gasteiger partial charge on any atom is -0.392 e. The number of urea groups is 1. The summed E-state index contributed by atoms with van der Waals surface area (Å²) in [5.74, 6) is 0. The molecule has 0 fully saturated rings. The van der Waals surface area contributed by atoms with E-state index in [9.17, 15) is 15.0 Å². The zero-order valence-corrected chi connectivity index (χ0v) is 13.9. The number of aliphatic hydroxyl groups is 2. The number of hydrogen-bond donors (Lipinski definition) is 3. The van der Waals surface area contributed by atoms with Crippen molar-refractivity contribution in [3.05, 3.63) is 30.1 Å². The Morgan fingerprint density at radius 1 is 1.23 bits per heavy atom. The van der Waals surface area contributed by atoms with Crippen LogP contribution in [0.15, 0.2) is 24.5 Å². The second-order valence-corrected chi connectivity index (χ2v) is 5.29. The molecule has 1 aromatic rings. The number of nitrogens with zero attached hydrogens (tertiary/aromatic N) is 2. The zero-order chi connectivity index (χ0) is 15.7. The molecule has 22 heavy (non-hydrogen) atoms. The summed E-state index contributed by atoms with van der Waals surface area (Å²) in [4.78, 5) is 17.4. The van der Waals surface area contributed by atoms with E-state index in [1.165, 1.54) is 10.5 Å². The van der Waals surface area contributed by atoms with Crippen molar-refractivity contribution in [1.82, 2.24) is 15.2 Å². The standard InChI is InChI=1S/C15H25N3O3.ClH/c1-12(19)10-18(11-13(2)20)15(21)17-7-3-4-14-5-8-16-9-6-14;/h5-6,8-9,12-13,19-20H,3-4,7,10-11H2,1-2H3,(H,17,21);1H. The van der Waals surface area contributed by atoms with Gasteiger partial charge in [-0.1, -0.05) is 0 Å². The molecule has 0 aromatic carbocycles. The molecular weight excluding hydrogens is 306 g/mol. The van der Waals surface area contributed by atoms with Crippen molar-refractivity contribution >= 4 is 18.4 Å². The number of carbonyl (C=O) groups is 1. The van der Waals surface area contributed by atoms with E-state index in [1.807, 2.05) is 12.1 Å². The molecular formula is C15H26ClN3O3. The highest BCUT2D eigenvalue weighted by atomic mass is 35.5. The summed E-state index contributed by atoms with van der Waals surface area (Å²) in [5.41, 5.74) is 1.18. The van der Waals surface area contributed by atoms with Gasteiger partial charge < -0.3 is 20.4 Å². The lowest BCUT2D eigenvalue weighted by Crippen LogP contribution is -2.46. The van der Waals surface area contributed by atoms with Crippen molar-refractivity contribution in [2.45, 2.75) is 38.9 Å². The van der Waals surface area contributed by atoms with Crippen LogP contribution < -0.4 is 5.32 Å². The maximum absolute atomic E-state index is 12.0. The van der Waals surface area contributed by atoms with Crippen molar-refractivity contribution in [1.29, 1.82) is 0 Å². The Morgan fingerprint density at radius 2 is 1.77 bits per heavy atom. The van der Waals surface area contributed by atoms with Crippen LogP contribution in [0.4, 0.5) is 4.79 Å². The van der Waals surface area contributed by atoms with Crippen LogP contribution in [0.3, 0.4) is 0 Å². The number of nitrogens with one attached hydrogen (secondary N) is 1. The predicted molar refractivity (Wildman–Crippen MR) is 88.1 cm³/mol. The fourth-order valence-corrected chi connectivity index (χ4v) is 2.03. The van der Waals surface area contributed by atoms with Gasteiger partial charge in [-0.05, 0) is 44.4 Å². The van der Waals surface area contributed by atoms with Crippen LogP contribution in [0.5, 0.6) is 0 Å². The number of rotatable bonds is 8. The lowest BCUT2D eigenvalue weighted by molar-refractivity contribution is 0.0966. The summed E-state index contributed by atoms with van der Waals surface area (Å²) >= 11 is 0. The normalized spacial score (nSPS) is 12.9. The van der Waals surface area contributed by atoms with E-state index in [0.29, 0.717) is 6.54 Å². The summed E-state index contributed by atoms with van der Waals surface area (Å²) in [6.45, 7) is 4.21. The van der Waals surface area contributed by atoms with E-state index in [1.54, 1.807) is 26.2 Å². The Bertz CT molecular complexity index is 406. The number of aliphatic hydroxyl groups excluding tert-OH is 2. The Hall–Kier alpha value is -1.37. The first kappa shape index (κ1) is 20.6. The zero-order valence-electron chi connectivity index (χ0n) is 13.1. The fraction of sp³-hybridized carbons (Fsp3) is 0.600. The van der Waals surface area contributed by atoms with E-state index in [2.05, 4.69) is 10.3 Å². The van der Waals surface area contributed by atoms with Crippen LogP contribution in [0.25, 0.3) is 0 Å². The van der Waals surface area contributed by atoms with Gasteiger partial charge in [0, 0.05) is 32.0 Å². The van der Waals surface area contributed by atoms with Gasteiger partial charge in [-0.3, -0.25) is 4.98 Å². The second-order valence-electron chi connectivity index (χ2n) is 5.29. The number of pyridine rings is 1. The van der Waals surface area contributed by atoms with Gasteiger partial charge in [-0.15, -0.1) is 12.4 Å². The first-order chi connectivity index (χ1) is 9.99. The first-order valence-corrected chi connectivity index (χ1v) is 7.27. The molecule has 126 valence electrons. The molecule has 0 aliphatic heterocycles. The number of carbonyl (C=O) groups excluding carboxylic acids is 1. The van der Waals surface area contributed by atoms with E-state index >= 15 is 0 Å². The molecule has 2 amide bonds. The smallest absolute Gasteiger partial charge is 0.317 e. The van der Waals surface area contributed by atoms with Crippen LogP contribution in [-0.4, -0.2) is 58.0 Å². The van der Waals surface area contributed by atoms with E-state index in [0.717, 1.165) is 12.8 Å². The predicted octanol–water partition coefficient (Wildman–Crippen LogP) is 1.21. The molecule has 0 saturated carbocycles. The topological polar surface area (TPSA) is 85.7 Å². The molecule has 0 radical (unpaired) electrons. The summed E-state index contributed by atoms with van der Waals surface area (Å²) in [6, 6.07) is 3.65. The highest BCUT2D eigenvalue weighted by Crippen LogP contribution is 2.01. The SMILES string of the molecule is CC(O)CN(CC(C)O)C(=O)NCCCc1ccncc1.Cl. The average Bonchev–Trinajstić information content (AvgIpc) is 2.43. The van der Waals surface area contributed by atoms with Crippen molar-refractivity contribution in [2.75, 3.05) is 19.6 Å². The molecule has 1 aromatic heterocycles. The van der Waals surface area contributed by atoms with Gasteiger partial charge in [-0.25, -0.2) is 4.79 Å². The maximum atomic E-state index is 12.0. The molecule has 7 heteroatoms. The summed E-state index contributed by atoms with van der Waals surface area (Å²) in [5, 5.41) is 21.6. The largest absolute Gasteiger partial charge is 0.392 e. The first-order valence-electron chi connectivity index (χ1n) is 7.27. The fourth-order valence-electron chi connectivity index (χ4n) is 2.03. The number of amides is 2. The van der Waals surface area contributed by atoms with Crippen molar-refractivity contribution < 1.29 is 15.0 Å². The van der Waals surface area contributed by atoms with Gasteiger partial charge in [0.05, 0.1) is 12.2 Å². The molecule has 6 nitrogen and oxygen atoms in total. The molecule has 1 heterocycles. The van der Waals surface area contributed by atoms with Crippen LogP contribution in [-0.2, 0) is 6.42 Å². The van der Waals surface area contributed by atoms with Crippen LogP contribution in [0.2, 0.25) is 0 Å². The third-order valence-corrected chi connectivity index (χ3v) is 2.92. The lowest BCUT2D eigenvalue weighted by atomic mass is 10.1. The van der Waals surface area contributed by atoms with E-state index in [-0.39, 0.29) is 31.5 Å². The van der Waals surface area contributed by atoms with Crippen LogP contribution in [0, 0.1) is 0 Å². The minimum absolute atomic E-state index is 0. The Balaban J connectivity index is 0.00000441. The number of hydrogen-bond acceptors (Lipinski definition) is 4. The van der Waals surface area contributed by atoms with E-state index < -0.39 is 12.2 Å². The molecule has 2 unspecified atom stereocenters. The monoisotopic (exact) mass is 331 g/mol. The second kappa shape index (κ2) is 11.2. The third-order valence-electron chi connectivity index (χ3n) is 2.92. The number of halogens is 1.